The first-order chi connectivity index (χ1) is 13.0. The first kappa shape index (κ1) is 18.7. The minimum Gasteiger partial charge on any atom is -0.449 e. The Bertz CT molecular complexity index is 991. The summed E-state index contributed by atoms with van der Waals surface area (Å²) in [5.41, 5.74) is 1.49. The monoisotopic (exact) mass is 379 g/mol. The van der Waals surface area contributed by atoms with E-state index in [0.29, 0.717) is 10.7 Å². The summed E-state index contributed by atoms with van der Waals surface area (Å²) in [5.74, 6) is -0.981. The molecule has 3 aromatic rings. The molecule has 136 valence electrons. The molecule has 0 saturated heterocycles. The van der Waals surface area contributed by atoms with Gasteiger partial charge in [-0.15, -0.1) is 0 Å². The van der Waals surface area contributed by atoms with Crippen molar-refractivity contribution in [2.45, 2.75) is 13.0 Å². The molecule has 0 radical (unpaired) electrons. The van der Waals surface area contributed by atoms with E-state index in [-0.39, 0.29) is 5.91 Å². The molecule has 27 heavy (non-hydrogen) atoms. The van der Waals surface area contributed by atoms with Gasteiger partial charge in [-0.3, -0.25) is 4.79 Å². The summed E-state index contributed by atoms with van der Waals surface area (Å²) >= 11 is 5.82. The second-order valence-electron chi connectivity index (χ2n) is 5.98. The van der Waals surface area contributed by atoms with Gasteiger partial charge in [0, 0.05) is 22.2 Å². The number of halogens is 1. The molecule has 0 aliphatic carbocycles. The Morgan fingerprint density at radius 3 is 2.48 bits per heavy atom. The van der Waals surface area contributed by atoms with Crippen molar-refractivity contribution in [3.63, 3.8) is 0 Å². The molecule has 0 aliphatic heterocycles. The van der Waals surface area contributed by atoms with E-state index in [1.165, 1.54) is 13.0 Å². The first-order valence-electron chi connectivity index (χ1n) is 8.46. The van der Waals surface area contributed by atoms with Gasteiger partial charge in [0.05, 0.1) is 0 Å². The fraction of sp³-hybridized carbons (Fsp3) is 0.0909. The van der Waals surface area contributed by atoms with Crippen LogP contribution in [0, 0.1) is 0 Å². The number of ether oxygens (including phenoxy) is 1. The SMILES string of the molecule is C[C@H](OC(=O)/C=C/c1ccc(Cl)cc1)C(=O)Nc1cccc2ccccc12. The maximum Gasteiger partial charge on any atom is 0.331 e. The van der Waals surface area contributed by atoms with Crippen molar-refractivity contribution in [1.82, 2.24) is 0 Å². The lowest BCUT2D eigenvalue weighted by molar-refractivity contribution is -0.148. The molecule has 0 unspecified atom stereocenters. The molecular weight excluding hydrogens is 362 g/mol. The van der Waals surface area contributed by atoms with Crippen LogP contribution in [-0.2, 0) is 14.3 Å². The highest BCUT2D eigenvalue weighted by Gasteiger charge is 2.17. The lowest BCUT2D eigenvalue weighted by Gasteiger charge is -2.13. The summed E-state index contributed by atoms with van der Waals surface area (Å²) in [6.45, 7) is 1.54. The van der Waals surface area contributed by atoms with E-state index in [4.69, 9.17) is 16.3 Å². The van der Waals surface area contributed by atoms with Gasteiger partial charge in [-0.25, -0.2) is 4.79 Å². The Balaban J connectivity index is 1.61. The van der Waals surface area contributed by atoms with Gasteiger partial charge in [0.2, 0.25) is 0 Å². The van der Waals surface area contributed by atoms with Crippen molar-refractivity contribution in [1.29, 1.82) is 0 Å². The van der Waals surface area contributed by atoms with Crippen LogP contribution in [-0.4, -0.2) is 18.0 Å². The van der Waals surface area contributed by atoms with Crippen molar-refractivity contribution < 1.29 is 14.3 Å². The van der Waals surface area contributed by atoms with Gasteiger partial charge in [-0.1, -0.05) is 60.1 Å². The average molecular weight is 380 g/mol. The fourth-order valence-electron chi connectivity index (χ4n) is 2.57. The van der Waals surface area contributed by atoms with Crippen LogP contribution < -0.4 is 5.32 Å². The molecule has 5 heteroatoms. The van der Waals surface area contributed by atoms with Crippen LogP contribution in [0.1, 0.15) is 12.5 Å². The highest BCUT2D eigenvalue weighted by Crippen LogP contribution is 2.23. The van der Waals surface area contributed by atoms with Gasteiger partial charge in [0.1, 0.15) is 0 Å². The minimum absolute atomic E-state index is 0.389. The predicted molar refractivity (Wildman–Crippen MR) is 109 cm³/mol. The molecule has 0 fully saturated rings. The average Bonchev–Trinajstić information content (AvgIpc) is 2.68. The number of carbonyl (C=O) groups excluding carboxylic acids is 2. The largest absolute Gasteiger partial charge is 0.449 e. The smallest absolute Gasteiger partial charge is 0.331 e. The van der Waals surface area contributed by atoms with Crippen molar-refractivity contribution in [2.24, 2.45) is 0 Å². The van der Waals surface area contributed by atoms with Crippen LogP contribution in [0.4, 0.5) is 5.69 Å². The zero-order valence-corrected chi connectivity index (χ0v) is 15.4. The van der Waals surface area contributed by atoms with Crippen molar-refractivity contribution >= 4 is 46.0 Å². The van der Waals surface area contributed by atoms with Crippen LogP contribution in [0.2, 0.25) is 5.02 Å². The second kappa shape index (κ2) is 8.52. The molecule has 0 aromatic heterocycles. The number of carbonyl (C=O) groups is 2. The summed E-state index contributed by atoms with van der Waals surface area (Å²) in [6.07, 6.45) is 1.96. The van der Waals surface area contributed by atoms with Crippen LogP contribution >= 0.6 is 11.6 Å². The van der Waals surface area contributed by atoms with Crippen molar-refractivity contribution in [2.75, 3.05) is 5.32 Å². The van der Waals surface area contributed by atoms with E-state index in [0.717, 1.165) is 16.3 Å². The lowest BCUT2D eigenvalue weighted by Crippen LogP contribution is -2.29. The summed E-state index contributed by atoms with van der Waals surface area (Å²) < 4.78 is 5.18. The molecular formula is C22H18ClNO3. The van der Waals surface area contributed by atoms with E-state index < -0.39 is 12.1 Å². The standard InChI is InChI=1S/C22H18ClNO3/c1-15(27-21(25)14-11-16-9-12-18(23)13-10-16)22(26)24-20-8-4-6-17-5-2-3-7-19(17)20/h2-15H,1H3,(H,24,26)/b14-11+/t15-/m0/s1. The first-order valence-corrected chi connectivity index (χ1v) is 8.83. The second-order valence-corrected chi connectivity index (χ2v) is 6.42. The Hall–Kier alpha value is -3.11. The van der Waals surface area contributed by atoms with E-state index in [1.807, 2.05) is 42.5 Å². The number of amides is 1. The molecule has 3 rings (SSSR count). The molecule has 3 aromatic carbocycles. The Kier molecular flexibility index (Phi) is 5.89. The third-order valence-corrected chi connectivity index (χ3v) is 4.24. The van der Waals surface area contributed by atoms with Crippen LogP contribution in [0.5, 0.6) is 0 Å². The van der Waals surface area contributed by atoms with Crippen molar-refractivity contribution in [3.05, 3.63) is 83.4 Å². The number of hydrogen-bond acceptors (Lipinski definition) is 3. The predicted octanol–water partition coefficient (Wildman–Crippen LogP) is 5.08. The van der Waals surface area contributed by atoms with Gasteiger partial charge in [0.15, 0.2) is 6.10 Å². The number of fused-ring (bicyclic) bond motifs is 1. The van der Waals surface area contributed by atoms with Gasteiger partial charge >= 0.3 is 5.97 Å². The molecule has 0 bridgehead atoms. The highest BCUT2D eigenvalue weighted by atomic mass is 35.5. The minimum atomic E-state index is -0.925. The topological polar surface area (TPSA) is 55.4 Å². The van der Waals surface area contributed by atoms with E-state index >= 15 is 0 Å². The Labute approximate surface area is 162 Å². The Morgan fingerprint density at radius 2 is 1.70 bits per heavy atom. The highest BCUT2D eigenvalue weighted by molar-refractivity contribution is 6.30. The van der Waals surface area contributed by atoms with Gasteiger partial charge < -0.3 is 10.1 Å². The molecule has 0 spiro atoms. The van der Waals surface area contributed by atoms with Crippen LogP contribution in [0.15, 0.2) is 72.8 Å². The number of nitrogens with one attached hydrogen (secondary N) is 1. The summed E-state index contributed by atoms with van der Waals surface area (Å²) in [6, 6.07) is 20.4. The molecule has 0 saturated carbocycles. The van der Waals surface area contributed by atoms with Crippen LogP contribution in [0.3, 0.4) is 0 Å². The zero-order valence-electron chi connectivity index (χ0n) is 14.7. The van der Waals surface area contributed by atoms with Crippen LogP contribution in [0.25, 0.3) is 16.8 Å². The third-order valence-electron chi connectivity index (χ3n) is 3.99. The zero-order chi connectivity index (χ0) is 19.2. The Morgan fingerprint density at radius 1 is 1.00 bits per heavy atom. The normalized spacial score (nSPS) is 12.1. The van der Waals surface area contributed by atoms with E-state index in [1.54, 1.807) is 30.3 Å². The van der Waals surface area contributed by atoms with Gasteiger partial charge in [0.25, 0.3) is 5.91 Å². The third kappa shape index (κ3) is 4.96. The molecule has 4 nitrogen and oxygen atoms in total. The van der Waals surface area contributed by atoms with Gasteiger partial charge in [-0.2, -0.15) is 0 Å². The number of benzene rings is 3. The number of anilines is 1. The number of rotatable bonds is 5. The quantitative estimate of drug-likeness (QED) is 0.497. The number of esters is 1. The number of hydrogen-bond donors (Lipinski definition) is 1. The van der Waals surface area contributed by atoms with E-state index in [2.05, 4.69) is 5.32 Å². The molecule has 0 aliphatic rings. The molecule has 1 atom stereocenters. The lowest BCUT2D eigenvalue weighted by atomic mass is 10.1. The van der Waals surface area contributed by atoms with Crippen molar-refractivity contribution in [3.8, 4) is 0 Å². The maximum atomic E-state index is 12.4. The fourth-order valence-corrected chi connectivity index (χ4v) is 2.70. The molecule has 0 heterocycles. The van der Waals surface area contributed by atoms with Gasteiger partial charge in [-0.05, 0) is 42.1 Å². The summed E-state index contributed by atoms with van der Waals surface area (Å²) in [4.78, 5) is 24.3. The molecule has 1 N–H and O–H groups in total. The summed E-state index contributed by atoms with van der Waals surface area (Å²) in [5, 5.41) is 5.38. The molecule has 1 amide bonds. The van der Waals surface area contributed by atoms with E-state index in [9.17, 15) is 9.59 Å². The summed E-state index contributed by atoms with van der Waals surface area (Å²) in [7, 11) is 0. The maximum absolute atomic E-state index is 12.4.